The minimum atomic E-state index is -3.10. The van der Waals surface area contributed by atoms with Crippen LogP contribution in [0.15, 0.2) is 35.2 Å². The minimum Gasteiger partial charge on any atom is -0.330 e. The lowest BCUT2D eigenvalue weighted by molar-refractivity contribution is 0.602. The van der Waals surface area contributed by atoms with Gasteiger partial charge in [0.2, 0.25) is 0 Å². The van der Waals surface area contributed by atoms with Crippen LogP contribution >= 0.6 is 0 Å². The largest absolute Gasteiger partial charge is 0.330 e. The molecule has 0 radical (unpaired) electrons. The molecule has 0 atom stereocenters. The molecular weight excluding hydrogens is 222 g/mol. The first-order valence-electron chi connectivity index (χ1n) is 5.12. The molecule has 0 saturated carbocycles. The molecule has 0 unspecified atom stereocenters. The van der Waals surface area contributed by atoms with Gasteiger partial charge in [0.15, 0.2) is 9.84 Å². The first-order chi connectivity index (χ1) is 7.45. The predicted molar refractivity (Wildman–Crippen MR) is 66.9 cm³/mol. The Morgan fingerprint density at radius 3 is 2.31 bits per heavy atom. The van der Waals surface area contributed by atoms with Crippen LogP contribution < -0.4 is 5.73 Å². The zero-order chi connectivity index (χ0) is 12.2. The molecule has 0 bridgehead atoms. The van der Waals surface area contributed by atoms with Crippen LogP contribution in [0.4, 0.5) is 0 Å². The molecule has 0 aliphatic rings. The molecule has 0 spiro atoms. The Morgan fingerprint density at radius 2 is 1.88 bits per heavy atom. The molecule has 4 heteroatoms. The maximum Gasteiger partial charge on any atom is 0.175 e. The van der Waals surface area contributed by atoms with E-state index in [1.807, 2.05) is 19.1 Å². The highest BCUT2D eigenvalue weighted by molar-refractivity contribution is 7.90. The van der Waals surface area contributed by atoms with E-state index >= 15 is 0 Å². The molecule has 1 aromatic rings. The summed E-state index contributed by atoms with van der Waals surface area (Å²) in [5.74, 6) is 0. The number of hydrogen-bond acceptors (Lipinski definition) is 3. The molecule has 0 aliphatic carbocycles. The molecule has 2 N–H and O–H groups in total. The van der Waals surface area contributed by atoms with Gasteiger partial charge >= 0.3 is 0 Å². The molecule has 0 amide bonds. The molecule has 88 valence electrons. The second-order valence-electron chi connectivity index (χ2n) is 3.76. The first-order valence-corrected chi connectivity index (χ1v) is 7.01. The number of hydrogen-bond donors (Lipinski definition) is 1. The Hall–Kier alpha value is -1.13. The van der Waals surface area contributed by atoms with Gasteiger partial charge in [-0.2, -0.15) is 0 Å². The fourth-order valence-electron chi connectivity index (χ4n) is 1.38. The Bertz CT molecular complexity index is 472. The van der Waals surface area contributed by atoms with Crippen LogP contribution in [-0.2, 0) is 9.84 Å². The van der Waals surface area contributed by atoms with Crippen molar-refractivity contribution in [2.45, 2.75) is 18.2 Å². The Kier molecular flexibility index (Phi) is 4.26. The van der Waals surface area contributed by atoms with Gasteiger partial charge in [0.1, 0.15) is 0 Å². The third kappa shape index (κ3) is 3.47. The standard InChI is InChI=1S/C12H17NO2S/c1-10(4-3-9-13)11-5-7-12(8-6-11)16(2,14)15/h4-8H,3,9,13H2,1-2H3. The number of benzene rings is 1. The SMILES string of the molecule is CC(=CCCN)c1ccc(S(C)(=O)=O)cc1. The lowest BCUT2D eigenvalue weighted by atomic mass is 10.1. The van der Waals surface area contributed by atoms with Gasteiger partial charge in [-0.3, -0.25) is 0 Å². The van der Waals surface area contributed by atoms with Crippen molar-refractivity contribution in [2.24, 2.45) is 5.73 Å². The minimum absolute atomic E-state index is 0.350. The van der Waals surface area contributed by atoms with E-state index in [4.69, 9.17) is 5.73 Å². The van der Waals surface area contributed by atoms with Gasteiger partial charge < -0.3 is 5.73 Å². The van der Waals surface area contributed by atoms with Crippen molar-refractivity contribution < 1.29 is 8.42 Å². The van der Waals surface area contributed by atoms with E-state index in [1.54, 1.807) is 12.1 Å². The number of rotatable bonds is 4. The van der Waals surface area contributed by atoms with Gasteiger partial charge in [-0.1, -0.05) is 18.2 Å². The molecule has 0 saturated heterocycles. The van der Waals surface area contributed by atoms with Crippen LogP contribution in [0, 0.1) is 0 Å². The van der Waals surface area contributed by atoms with Crippen molar-refractivity contribution in [3.05, 3.63) is 35.9 Å². The highest BCUT2D eigenvalue weighted by Gasteiger charge is 2.06. The average molecular weight is 239 g/mol. The first kappa shape index (κ1) is 12.9. The zero-order valence-corrected chi connectivity index (χ0v) is 10.4. The summed E-state index contributed by atoms with van der Waals surface area (Å²) in [6.07, 6.45) is 4.09. The van der Waals surface area contributed by atoms with Crippen LogP contribution in [0.5, 0.6) is 0 Å². The highest BCUT2D eigenvalue weighted by Crippen LogP contribution is 2.17. The van der Waals surface area contributed by atoms with E-state index in [0.717, 1.165) is 17.6 Å². The number of nitrogens with two attached hydrogens (primary N) is 1. The van der Waals surface area contributed by atoms with Gasteiger partial charge in [0.05, 0.1) is 4.90 Å². The van der Waals surface area contributed by atoms with E-state index in [2.05, 4.69) is 6.08 Å². The van der Waals surface area contributed by atoms with E-state index in [9.17, 15) is 8.42 Å². The monoisotopic (exact) mass is 239 g/mol. The molecule has 0 aliphatic heterocycles. The average Bonchev–Trinajstić information content (AvgIpc) is 2.25. The molecule has 1 aromatic carbocycles. The van der Waals surface area contributed by atoms with E-state index in [-0.39, 0.29) is 0 Å². The summed E-state index contributed by atoms with van der Waals surface area (Å²) in [4.78, 5) is 0.350. The summed E-state index contributed by atoms with van der Waals surface area (Å²) >= 11 is 0. The summed E-state index contributed by atoms with van der Waals surface area (Å²) in [5.41, 5.74) is 7.56. The lowest BCUT2D eigenvalue weighted by Gasteiger charge is -2.03. The molecule has 0 heterocycles. The summed E-state index contributed by atoms with van der Waals surface area (Å²) in [6.45, 7) is 2.61. The van der Waals surface area contributed by atoms with Crippen LogP contribution in [0.2, 0.25) is 0 Å². The maximum atomic E-state index is 11.3. The molecule has 3 nitrogen and oxygen atoms in total. The quantitative estimate of drug-likeness (QED) is 0.872. The topological polar surface area (TPSA) is 60.2 Å². The van der Waals surface area contributed by atoms with Crippen molar-refractivity contribution >= 4 is 15.4 Å². The van der Waals surface area contributed by atoms with Crippen molar-refractivity contribution in [2.75, 3.05) is 12.8 Å². The maximum absolute atomic E-state index is 11.3. The summed E-state index contributed by atoms with van der Waals surface area (Å²) in [5, 5.41) is 0. The predicted octanol–water partition coefficient (Wildman–Crippen LogP) is 1.84. The van der Waals surface area contributed by atoms with Crippen molar-refractivity contribution in [1.29, 1.82) is 0 Å². The fraction of sp³-hybridized carbons (Fsp3) is 0.333. The number of sulfone groups is 1. The van der Waals surface area contributed by atoms with Crippen molar-refractivity contribution in [1.82, 2.24) is 0 Å². The summed E-state index contributed by atoms with van der Waals surface area (Å²) in [7, 11) is -3.10. The molecular formula is C12H17NO2S. The fourth-order valence-corrected chi connectivity index (χ4v) is 2.01. The van der Waals surface area contributed by atoms with Gasteiger partial charge in [-0.15, -0.1) is 0 Å². The van der Waals surface area contributed by atoms with E-state index in [0.29, 0.717) is 11.4 Å². The molecule has 16 heavy (non-hydrogen) atoms. The van der Waals surface area contributed by atoms with E-state index in [1.165, 1.54) is 6.26 Å². The Balaban J connectivity index is 2.96. The molecule has 0 fully saturated rings. The Labute approximate surface area is 96.9 Å². The second-order valence-corrected chi connectivity index (χ2v) is 5.78. The number of allylic oxidation sites excluding steroid dienone is 1. The highest BCUT2D eigenvalue weighted by atomic mass is 32.2. The molecule has 1 rings (SSSR count). The van der Waals surface area contributed by atoms with Crippen molar-refractivity contribution in [3.8, 4) is 0 Å². The van der Waals surface area contributed by atoms with Gasteiger partial charge in [-0.25, -0.2) is 8.42 Å². The van der Waals surface area contributed by atoms with Crippen LogP contribution in [0.25, 0.3) is 5.57 Å². The van der Waals surface area contributed by atoms with Crippen molar-refractivity contribution in [3.63, 3.8) is 0 Å². The third-order valence-electron chi connectivity index (χ3n) is 2.36. The van der Waals surface area contributed by atoms with Gasteiger partial charge in [0, 0.05) is 6.26 Å². The Morgan fingerprint density at radius 1 is 1.31 bits per heavy atom. The zero-order valence-electron chi connectivity index (χ0n) is 9.60. The second kappa shape index (κ2) is 5.27. The molecule has 0 aromatic heterocycles. The summed E-state index contributed by atoms with van der Waals surface area (Å²) in [6, 6.07) is 6.90. The summed E-state index contributed by atoms with van der Waals surface area (Å²) < 4.78 is 22.5. The van der Waals surface area contributed by atoms with E-state index < -0.39 is 9.84 Å². The lowest BCUT2D eigenvalue weighted by Crippen LogP contribution is -1.97. The van der Waals surface area contributed by atoms with Crippen LogP contribution in [-0.4, -0.2) is 21.2 Å². The smallest absolute Gasteiger partial charge is 0.175 e. The van der Waals surface area contributed by atoms with Crippen LogP contribution in [0.1, 0.15) is 18.9 Å². The normalized spacial score (nSPS) is 12.8. The third-order valence-corrected chi connectivity index (χ3v) is 3.48. The van der Waals surface area contributed by atoms with Gasteiger partial charge in [-0.05, 0) is 43.2 Å². The van der Waals surface area contributed by atoms with Gasteiger partial charge in [0.25, 0.3) is 0 Å². The van der Waals surface area contributed by atoms with Crippen LogP contribution in [0.3, 0.4) is 0 Å².